The number of methoxy groups -OCH3 is 1. The number of nitrogens with zero attached hydrogens (tertiary/aromatic N) is 1. The molecule has 8 heteroatoms. The van der Waals surface area contributed by atoms with Crippen molar-refractivity contribution in [3.05, 3.63) is 88.8 Å². The Bertz CT molecular complexity index is 1240. The van der Waals surface area contributed by atoms with Crippen LogP contribution in [0.25, 0.3) is 12.2 Å². The van der Waals surface area contributed by atoms with E-state index < -0.39 is 4.92 Å². The molecule has 0 amide bonds. The molecular formula is C21H18N2O5S. The number of benzene rings is 2. The van der Waals surface area contributed by atoms with Crippen LogP contribution >= 0.6 is 11.3 Å². The minimum atomic E-state index is -0.429. The highest BCUT2D eigenvalue weighted by Crippen LogP contribution is 2.21. The van der Waals surface area contributed by atoms with E-state index in [2.05, 4.69) is 4.98 Å². The van der Waals surface area contributed by atoms with E-state index in [1.54, 1.807) is 49.6 Å². The molecule has 0 aliphatic carbocycles. The third-order valence-electron chi connectivity index (χ3n) is 4.30. The lowest BCUT2D eigenvalue weighted by Gasteiger charge is -2.00. The first-order valence-electron chi connectivity index (χ1n) is 8.79. The summed E-state index contributed by atoms with van der Waals surface area (Å²) in [6.07, 6.45) is 3.47. The standard InChI is InChI=1S/C21H18N2O5S/c1-3-14-5-4-13(10-17(14)23(26)27)11-19-21(25)22-20(29-19)12-18(24)15-6-8-16(28-2)9-7-15/h4-12H,3H2,1-2H3,(H,22,25)/b19-11+,20-12-. The lowest BCUT2D eigenvalue weighted by molar-refractivity contribution is -0.385. The number of ketones is 1. The molecule has 0 saturated heterocycles. The Morgan fingerprint density at radius 1 is 1.24 bits per heavy atom. The van der Waals surface area contributed by atoms with Crippen LogP contribution in [0.15, 0.2) is 47.3 Å². The van der Waals surface area contributed by atoms with Crippen LogP contribution in [0.4, 0.5) is 5.69 Å². The molecule has 0 fully saturated rings. The zero-order valence-corrected chi connectivity index (χ0v) is 16.6. The predicted octanol–water partition coefficient (Wildman–Crippen LogP) is 2.41. The van der Waals surface area contributed by atoms with Crippen molar-refractivity contribution in [1.82, 2.24) is 4.98 Å². The van der Waals surface area contributed by atoms with Crippen molar-refractivity contribution in [2.75, 3.05) is 7.11 Å². The van der Waals surface area contributed by atoms with Crippen LogP contribution in [0.5, 0.6) is 5.75 Å². The first kappa shape index (κ1) is 20.2. The lowest BCUT2D eigenvalue weighted by Crippen LogP contribution is -2.20. The number of aromatic amines is 1. The number of aromatic nitrogens is 1. The van der Waals surface area contributed by atoms with E-state index >= 15 is 0 Å². The van der Waals surface area contributed by atoms with E-state index in [1.165, 1.54) is 12.1 Å². The highest BCUT2D eigenvalue weighted by Gasteiger charge is 2.12. The van der Waals surface area contributed by atoms with Gasteiger partial charge in [-0.2, -0.15) is 0 Å². The number of H-pyrrole nitrogens is 1. The Labute approximate surface area is 169 Å². The number of nitro groups is 1. The fourth-order valence-corrected chi connectivity index (χ4v) is 3.66. The summed E-state index contributed by atoms with van der Waals surface area (Å²) in [7, 11) is 1.54. The molecule has 0 aliphatic rings. The number of hydrogen-bond acceptors (Lipinski definition) is 6. The van der Waals surface area contributed by atoms with Gasteiger partial charge in [0, 0.05) is 23.3 Å². The van der Waals surface area contributed by atoms with Crippen LogP contribution in [0.3, 0.4) is 0 Å². The van der Waals surface area contributed by atoms with E-state index in [-0.39, 0.29) is 17.0 Å². The number of carbonyl (C=O) groups is 1. The maximum atomic E-state index is 12.4. The molecule has 0 bridgehead atoms. The zero-order chi connectivity index (χ0) is 21.0. The van der Waals surface area contributed by atoms with Gasteiger partial charge >= 0.3 is 0 Å². The molecule has 7 nitrogen and oxygen atoms in total. The average molecular weight is 410 g/mol. The average Bonchev–Trinajstić information content (AvgIpc) is 3.06. The van der Waals surface area contributed by atoms with Crippen molar-refractivity contribution in [2.24, 2.45) is 0 Å². The molecule has 29 heavy (non-hydrogen) atoms. The highest BCUT2D eigenvalue weighted by molar-refractivity contribution is 7.07. The van der Waals surface area contributed by atoms with Crippen LogP contribution in [0.2, 0.25) is 0 Å². The van der Waals surface area contributed by atoms with Gasteiger partial charge in [-0.15, -0.1) is 11.3 Å². The molecule has 1 heterocycles. The molecule has 0 aliphatic heterocycles. The molecule has 1 aromatic heterocycles. The van der Waals surface area contributed by atoms with Gasteiger partial charge in [-0.25, -0.2) is 0 Å². The van der Waals surface area contributed by atoms with Gasteiger partial charge in [-0.05, 0) is 42.3 Å². The maximum absolute atomic E-state index is 12.4. The number of carbonyl (C=O) groups excluding carboxylic acids is 1. The van der Waals surface area contributed by atoms with Gasteiger partial charge in [0.25, 0.3) is 11.2 Å². The third-order valence-corrected chi connectivity index (χ3v) is 5.26. The Hall–Kier alpha value is -3.52. The summed E-state index contributed by atoms with van der Waals surface area (Å²) in [5.74, 6) is 0.394. The van der Waals surface area contributed by atoms with Crippen molar-refractivity contribution in [1.29, 1.82) is 0 Å². The van der Waals surface area contributed by atoms with Crippen molar-refractivity contribution in [3.8, 4) is 5.75 Å². The number of thiazole rings is 1. The molecule has 148 valence electrons. The molecule has 0 unspecified atom stereocenters. The molecule has 0 atom stereocenters. The fourth-order valence-electron chi connectivity index (χ4n) is 2.77. The highest BCUT2D eigenvalue weighted by atomic mass is 32.1. The van der Waals surface area contributed by atoms with Gasteiger partial charge in [0.15, 0.2) is 5.78 Å². The van der Waals surface area contributed by atoms with Crippen molar-refractivity contribution in [3.63, 3.8) is 0 Å². The Morgan fingerprint density at radius 2 is 1.97 bits per heavy atom. The molecule has 3 aromatic rings. The second kappa shape index (κ2) is 8.66. The Morgan fingerprint density at radius 3 is 2.59 bits per heavy atom. The number of aryl methyl sites for hydroxylation is 1. The van der Waals surface area contributed by atoms with Gasteiger partial charge in [0.05, 0.1) is 21.2 Å². The quantitative estimate of drug-likeness (QED) is 0.382. The predicted molar refractivity (Wildman–Crippen MR) is 112 cm³/mol. The van der Waals surface area contributed by atoms with Gasteiger partial charge in [-0.3, -0.25) is 19.7 Å². The number of rotatable bonds is 6. The van der Waals surface area contributed by atoms with Crippen molar-refractivity contribution in [2.45, 2.75) is 13.3 Å². The topological polar surface area (TPSA) is 102 Å². The zero-order valence-electron chi connectivity index (χ0n) is 15.8. The summed E-state index contributed by atoms with van der Waals surface area (Å²) in [4.78, 5) is 38.1. The number of nitrogens with one attached hydrogen (secondary N) is 1. The van der Waals surface area contributed by atoms with Crippen LogP contribution < -0.4 is 19.5 Å². The number of ether oxygens (including phenoxy) is 1. The normalized spacial score (nSPS) is 12.2. The molecule has 0 radical (unpaired) electrons. The molecule has 0 spiro atoms. The Kier molecular flexibility index (Phi) is 6.04. The number of nitro benzene ring substituents is 1. The van der Waals surface area contributed by atoms with Crippen molar-refractivity contribution < 1.29 is 14.5 Å². The summed E-state index contributed by atoms with van der Waals surface area (Å²) in [6, 6.07) is 11.5. The summed E-state index contributed by atoms with van der Waals surface area (Å²) >= 11 is 1.11. The molecule has 2 aromatic carbocycles. The third kappa shape index (κ3) is 4.67. The first-order valence-corrected chi connectivity index (χ1v) is 9.61. The van der Waals surface area contributed by atoms with Gasteiger partial charge < -0.3 is 9.72 Å². The minimum absolute atomic E-state index is 0.0238. The number of hydrogen-bond donors (Lipinski definition) is 1. The summed E-state index contributed by atoms with van der Waals surface area (Å²) in [5, 5.41) is 11.2. The second-order valence-electron chi connectivity index (χ2n) is 6.16. The smallest absolute Gasteiger partial charge is 0.273 e. The fraction of sp³-hybridized carbons (Fsp3) is 0.143. The Balaban J connectivity index is 1.96. The van der Waals surface area contributed by atoms with Crippen LogP contribution in [0, 0.1) is 10.1 Å². The molecule has 3 rings (SSSR count). The SMILES string of the molecule is CCc1ccc(/C=c2/s/c(=C\C(=O)c3ccc(OC)cc3)[nH]c2=O)cc1[N+](=O)[O-]. The molecule has 0 saturated carbocycles. The van der Waals surface area contributed by atoms with E-state index in [9.17, 15) is 19.7 Å². The largest absolute Gasteiger partial charge is 0.497 e. The molecule has 1 N–H and O–H groups in total. The van der Waals surface area contributed by atoms with E-state index in [1.807, 2.05) is 6.92 Å². The first-order chi connectivity index (χ1) is 13.9. The maximum Gasteiger partial charge on any atom is 0.273 e. The van der Waals surface area contributed by atoms with E-state index in [0.717, 1.165) is 11.3 Å². The summed E-state index contributed by atoms with van der Waals surface area (Å²) in [5.41, 5.74) is 1.32. The second-order valence-corrected chi connectivity index (χ2v) is 7.25. The van der Waals surface area contributed by atoms with Crippen LogP contribution in [-0.2, 0) is 6.42 Å². The van der Waals surface area contributed by atoms with Gasteiger partial charge in [0.1, 0.15) is 5.75 Å². The monoisotopic (exact) mass is 410 g/mol. The van der Waals surface area contributed by atoms with E-state index in [0.29, 0.717) is 38.1 Å². The lowest BCUT2D eigenvalue weighted by atomic mass is 10.1. The van der Waals surface area contributed by atoms with E-state index in [4.69, 9.17) is 4.74 Å². The molecular weight excluding hydrogens is 392 g/mol. The van der Waals surface area contributed by atoms with Gasteiger partial charge in [0.2, 0.25) is 0 Å². The summed E-state index contributed by atoms with van der Waals surface area (Å²) < 4.78 is 5.83. The summed E-state index contributed by atoms with van der Waals surface area (Å²) in [6.45, 7) is 1.84. The van der Waals surface area contributed by atoms with Crippen LogP contribution in [0.1, 0.15) is 28.4 Å². The van der Waals surface area contributed by atoms with Crippen molar-refractivity contribution >= 4 is 35.0 Å². The minimum Gasteiger partial charge on any atom is -0.497 e. The number of Topliss-reactive ketones (excluding diaryl/α,β-unsaturated/α-hetero) is 1. The van der Waals surface area contributed by atoms with Crippen LogP contribution in [-0.4, -0.2) is 22.8 Å². The van der Waals surface area contributed by atoms with Gasteiger partial charge in [-0.1, -0.05) is 19.1 Å².